The highest BCUT2D eigenvalue weighted by atomic mass is 16.2. The molecular formula is C16H18N6O. The number of carbonyl (C=O) groups excluding carboxylic acids is 1. The number of rotatable bonds is 3. The molecule has 0 fully saturated rings. The van der Waals surface area contributed by atoms with E-state index in [1.807, 2.05) is 39.9 Å². The second-order valence-corrected chi connectivity index (χ2v) is 5.73. The standard InChI is InChI=1S/C16H18N6O/c1-2-13-18-19-15-11-21(7-8-22(13)15)16(23)9-12-10-20-6-4-3-5-14(20)17-12/h3-6,10H,2,7-9,11H2,1H3. The summed E-state index contributed by atoms with van der Waals surface area (Å²) in [5, 5.41) is 8.38. The molecule has 0 saturated heterocycles. The number of hydrogen-bond acceptors (Lipinski definition) is 4. The molecule has 3 aromatic rings. The maximum Gasteiger partial charge on any atom is 0.229 e. The van der Waals surface area contributed by atoms with Crippen LogP contribution in [-0.2, 0) is 30.7 Å². The van der Waals surface area contributed by atoms with Crippen molar-refractivity contribution in [3.8, 4) is 0 Å². The number of aryl methyl sites for hydroxylation is 1. The van der Waals surface area contributed by atoms with Crippen LogP contribution in [0.3, 0.4) is 0 Å². The van der Waals surface area contributed by atoms with E-state index in [9.17, 15) is 4.79 Å². The minimum atomic E-state index is 0.0840. The Morgan fingerprint density at radius 3 is 3.00 bits per heavy atom. The lowest BCUT2D eigenvalue weighted by Crippen LogP contribution is -2.39. The Hall–Kier alpha value is -2.70. The average Bonchev–Trinajstić information content (AvgIpc) is 3.16. The minimum absolute atomic E-state index is 0.0840. The van der Waals surface area contributed by atoms with E-state index in [-0.39, 0.29) is 5.91 Å². The van der Waals surface area contributed by atoms with Gasteiger partial charge in [0, 0.05) is 31.9 Å². The minimum Gasteiger partial charge on any atom is -0.333 e. The highest BCUT2D eigenvalue weighted by Crippen LogP contribution is 2.14. The Morgan fingerprint density at radius 1 is 1.26 bits per heavy atom. The van der Waals surface area contributed by atoms with Gasteiger partial charge in [0.2, 0.25) is 5.91 Å². The Morgan fingerprint density at radius 2 is 2.17 bits per heavy atom. The molecule has 0 atom stereocenters. The summed E-state index contributed by atoms with van der Waals surface area (Å²) in [6, 6.07) is 5.82. The quantitative estimate of drug-likeness (QED) is 0.726. The summed E-state index contributed by atoms with van der Waals surface area (Å²) < 4.78 is 4.05. The summed E-state index contributed by atoms with van der Waals surface area (Å²) >= 11 is 0. The molecule has 0 radical (unpaired) electrons. The summed E-state index contributed by atoms with van der Waals surface area (Å²) in [7, 11) is 0. The first-order valence-electron chi connectivity index (χ1n) is 7.86. The Balaban J connectivity index is 1.49. The van der Waals surface area contributed by atoms with Gasteiger partial charge in [-0.05, 0) is 12.1 Å². The molecule has 7 nitrogen and oxygen atoms in total. The Kier molecular flexibility index (Phi) is 3.33. The first kappa shape index (κ1) is 13.9. The van der Waals surface area contributed by atoms with Crippen molar-refractivity contribution in [2.45, 2.75) is 32.9 Å². The number of carbonyl (C=O) groups is 1. The fourth-order valence-corrected chi connectivity index (χ4v) is 3.03. The van der Waals surface area contributed by atoms with Gasteiger partial charge in [0.15, 0.2) is 5.82 Å². The first-order valence-corrected chi connectivity index (χ1v) is 7.86. The van der Waals surface area contributed by atoms with E-state index < -0.39 is 0 Å². The van der Waals surface area contributed by atoms with Crippen molar-refractivity contribution in [3.05, 3.63) is 47.9 Å². The SMILES string of the molecule is CCc1nnc2n1CCN(C(=O)Cc1cn3ccccc3n1)C2. The molecule has 3 aromatic heterocycles. The van der Waals surface area contributed by atoms with Crippen LogP contribution in [0.25, 0.3) is 5.65 Å². The second-order valence-electron chi connectivity index (χ2n) is 5.73. The van der Waals surface area contributed by atoms with Gasteiger partial charge in [0.25, 0.3) is 0 Å². The van der Waals surface area contributed by atoms with Crippen LogP contribution in [-0.4, -0.2) is 41.5 Å². The molecule has 0 saturated carbocycles. The maximum absolute atomic E-state index is 12.5. The molecule has 4 heterocycles. The van der Waals surface area contributed by atoms with E-state index in [2.05, 4.69) is 26.7 Å². The van der Waals surface area contributed by atoms with Crippen LogP contribution in [0.5, 0.6) is 0 Å². The molecule has 0 spiro atoms. The average molecular weight is 310 g/mol. The molecule has 1 aliphatic heterocycles. The van der Waals surface area contributed by atoms with Gasteiger partial charge in [0.1, 0.15) is 11.5 Å². The smallest absolute Gasteiger partial charge is 0.229 e. The van der Waals surface area contributed by atoms with Crippen LogP contribution >= 0.6 is 0 Å². The molecule has 0 unspecified atom stereocenters. The number of aromatic nitrogens is 5. The molecule has 4 rings (SSSR count). The van der Waals surface area contributed by atoms with Crippen LogP contribution in [0, 0.1) is 0 Å². The number of nitrogens with zero attached hydrogens (tertiary/aromatic N) is 6. The van der Waals surface area contributed by atoms with E-state index in [4.69, 9.17) is 0 Å². The normalized spacial score (nSPS) is 14.2. The number of pyridine rings is 1. The van der Waals surface area contributed by atoms with Crippen LogP contribution in [0.2, 0.25) is 0 Å². The van der Waals surface area contributed by atoms with Crippen molar-refractivity contribution in [2.24, 2.45) is 0 Å². The largest absolute Gasteiger partial charge is 0.333 e. The molecule has 7 heteroatoms. The van der Waals surface area contributed by atoms with Crippen molar-refractivity contribution in [1.82, 2.24) is 29.0 Å². The van der Waals surface area contributed by atoms with E-state index in [1.165, 1.54) is 0 Å². The van der Waals surface area contributed by atoms with Gasteiger partial charge < -0.3 is 13.9 Å². The van der Waals surface area contributed by atoms with Crippen molar-refractivity contribution >= 4 is 11.6 Å². The third-order valence-corrected chi connectivity index (χ3v) is 4.24. The van der Waals surface area contributed by atoms with Gasteiger partial charge >= 0.3 is 0 Å². The molecular weight excluding hydrogens is 292 g/mol. The molecule has 23 heavy (non-hydrogen) atoms. The van der Waals surface area contributed by atoms with Gasteiger partial charge in [-0.1, -0.05) is 13.0 Å². The first-order chi connectivity index (χ1) is 11.2. The van der Waals surface area contributed by atoms with Crippen LogP contribution < -0.4 is 0 Å². The van der Waals surface area contributed by atoms with E-state index in [1.54, 1.807) is 0 Å². The zero-order valence-electron chi connectivity index (χ0n) is 13.0. The lowest BCUT2D eigenvalue weighted by atomic mass is 10.2. The van der Waals surface area contributed by atoms with Crippen molar-refractivity contribution in [3.63, 3.8) is 0 Å². The number of imidazole rings is 1. The lowest BCUT2D eigenvalue weighted by molar-refractivity contribution is -0.132. The molecule has 0 N–H and O–H groups in total. The molecule has 0 aliphatic carbocycles. The van der Waals surface area contributed by atoms with Crippen molar-refractivity contribution < 1.29 is 4.79 Å². The fourth-order valence-electron chi connectivity index (χ4n) is 3.03. The number of fused-ring (bicyclic) bond motifs is 2. The molecule has 0 aromatic carbocycles. The molecule has 1 aliphatic rings. The maximum atomic E-state index is 12.5. The van der Waals surface area contributed by atoms with E-state index >= 15 is 0 Å². The van der Waals surface area contributed by atoms with Crippen LogP contribution in [0.1, 0.15) is 24.3 Å². The van der Waals surface area contributed by atoms with Gasteiger partial charge in [-0.15, -0.1) is 10.2 Å². The topological polar surface area (TPSA) is 68.3 Å². The predicted molar refractivity (Wildman–Crippen MR) is 83.7 cm³/mol. The number of amides is 1. The summed E-state index contributed by atoms with van der Waals surface area (Å²) in [5.41, 5.74) is 1.66. The zero-order valence-corrected chi connectivity index (χ0v) is 13.0. The number of hydrogen-bond donors (Lipinski definition) is 0. The predicted octanol–water partition coefficient (Wildman–Crippen LogP) is 1.07. The molecule has 118 valence electrons. The summed E-state index contributed by atoms with van der Waals surface area (Å²) in [5.74, 6) is 1.95. The summed E-state index contributed by atoms with van der Waals surface area (Å²) in [6.07, 6.45) is 5.03. The van der Waals surface area contributed by atoms with Gasteiger partial charge in [-0.3, -0.25) is 4.79 Å². The summed E-state index contributed by atoms with van der Waals surface area (Å²) in [4.78, 5) is 18.9. The third-order valence-electron chi connectivity index (χ3n) is 4.24. The fraction of sp³-hybridized carbons (Fsp3) is 0.375. The van der Waals surface area contributed by atoms with Crippen LogP contribution in [0.4, 0.5) is 0 Å². The van der Waals surface area contributed by atoms with Crippen LogP contribution in [0.15, 0.2) is 30.6 Å². The second kappa shape index (κ2) is 5.49. The van der Waals surface area contributed by atoms with Crippen molar-refractivity contribution in [1.29, 1.82) is 0 Å². The zero-order chi connectivity index (χ0) is 15.8. The monoisotopic (exact) mass is 310 g/mol. The van der Waals surface area contributed by atoms with Gasteiger partial charge in [-0.2, -0.15) is 0 Å². The van der Waals surface area contributed by atoms with Crippen molar-refractivity contribution in [2.75, 3.05) is 6.54 Å². The van der Waals surface area contributed by atoms with Gasteiger partial charge in [-0.25, -0.2) is 4.98 Å². The Labute approximate surface area is 133 Å². The third kappa shape index (κ3) is 2.48. The highest BCUT2D eigenvalue weighted by molar-refractivity contribution is 5.78. The highest BCUT2D eigenvalue weighted by Gasteiger charge is 2.24. The van der Waals surface area contributed by atoms with Gasteiger partial charge in [0.05, 0.1) is 18.7 Å². The molecule has 0 bridgehead atoms. The van der Waals surface area contributed by atoms with E-state index in [0.29, 0.717) is 19.5 Å². The summed E-state index contributed by atoms with van der Waals surface area (Å²) in [6.45, 7) is 4.06. The molecule has 1 amide bonds. The van der Waals surface area contributed by atoms with E-state index in [0.717, 1.165) is 36.0 Å². The Bertz CT molecular complexity index is 831. The lowest BCUT2D eigenvalue weighted by Gasteiger charge is -2.27.